The summed E-state index contributed by atoms with van der Waals surface area (Å²) in [5, 5.41) is 10.3. The van der Waals surface area contributed by atoms with Crippen LogP contribution >= 0.6 is 0 Å². The lowest BCUT2D eigenvalue weighted by molar-refractivity contribution is 0.107. The monoisotopic (exact) mass is 195 g/mol. The van der Waals surface area contributed by atoms with Crippen molar-refractivity contribution >= 4 is 0 Å². The summed E-state index contributed by atoms with van der Waals surface area (Å²) in [4.78, 5) is 0. The molecule has 0 bridgehead atoms. The molecular formula is C10H17N3O. The van der Waals surface area contributed by atoms with E-state index in [2.05, 4.69) is 22.4 Å². The Morgan fingerprint density at radius 3 is 3.07 bits per heavy atom. The molecule has 1 aliphatic rings. The third-order valence-corrected chi connectivity index (χ3v) is 2.66. The summed E-state index contributed by atoms with van der Waals surface area (Å²) in [6.45, 7) is 6.26. The molecule has 0 spiro atoms. The maximum atomic E-state index is 5.81. The van der Waals surface area contributed by atoms with E-state index in [1.165, 1.54) is 0 Å². The zero-order valence-electron chi connectivity index (χ0n) is 8.71. The first-order chi connectivity index (χ1) is 6.75. The molecule has 4 nitrogen and oxygen atoms in total. The minimum absolute atomic E-state index is 0.305. The lowest BCUT2D eigenvalue weighted by atomic mass is 9.98. The standard InChI is InChI=1S/C10H17N3O/c1-7-6-11-4-3-9(7)14-10-5-8(2)12-13-10/h5,7,9,11H,3-4,6H2,1-2H3,(H,12,13). The average Bonchev–Trinajstić information content (AvgIpc) is 2.56. The Bertz CT molecular complexity index is 297. The van der Waals surface area contributed by atoms with Gasteiger partial charge in [-0.15, -0.1) is 5.10 Å². The van der Waals surface area contributed by atoms with Gasteiger partial charge in [0.15, 0.2) is 0 Å². The second-order valence-corrected chi connectivity index (χ2v) is 4.02. The molecule has 1 aliphatic heterocycles. The highest BCUT2D eigenvalue weighted by Gasteiger charge is 2.23. The quantitative estimate of drug-likeness (QED) is 0.743. The second kappa shape index (κ2) is 4.00. The van der Waals surface area contributed by atoms with Crippen molar-refractivity contribution in [2.24, 2.45) is 5.92 Å². The fraction of sp³-hybridized carbons (Fsp3) is 0.700. The van der Waals surface area contributed by atoms with E-state index in [0.717, 1.165) is 31.1 Å². The highest BCUT2D eigenvalue weighted by Crippen LogP contribution is 2.18. The Morgan fingerprint density at radius 1 is 1.57 bits per heavy atom. The third-order valence-electron chi connectivity index (χ3n) is 2.66. The van der Waals surface area contributed by atoms with Crippen LogP contribution in [0, 0.1) is 12.8 Å². The van der Waals surface area contributed by atoms with Crippen molar-refractivity contribution in [1.82, 2.24) is 15.5 Å². The van der Waals surface area contributed by atoms with Crippen LogP contribution in [0.5, 0.6) is 5.88 Å². The van der Waals surface area contributed by atoms with E-state index >= 15 is 0 Å². The van der Waals surface area contributed by atoms with Crippen molar-refractivity contribution in [3.8, 4) is 5.88 Å². The maximum Gasteiger partial charge on any atom is 0.233 e. The van der Waals surface area contributed by atoms with Gasteiger partial charge in [-0.3, -0.25) is 5.10 Å². The maximum absolute atomic E-state index is 5.81. The number of nitrogens with zero attached hydrogens (tertiary/aromatic N) is 1. The summed E-state index contributed by atoms with van der Waals surface area (Å²) in [6, 6.07) is 1.94. The summed E-state index contributed by atoms with van der Waals surface area (Å²) < 4.78 is 5.81. The molecule has 0 saturated carbocycles. The lowest BCUT2D eigenvalue weighted by Crippen LogP contribution is -2.41. The van der Waals surface area contributed by atoms with Gasteiger partial charge in [0.25, 0.3) is 0 Å². The van der Waals surface area contributed by atoms with Crippen molar-refractivity contribution in [2.45, 2.75) is 26.4 Å². The fourth-order valence-corrected chi connectivity index (χ4v) is 1.77. The van der Waals surface area contributed by atoms with Gasteiger partial charge in [0.1, 0.15) is 6.10 Å². The second-order valence-electron chi connectivity index (χ2n) is 4.02. The van der Waals surface area contributed by atoms with E-state index in [0.29, 0.717) is 12.0 Å². The molecule has 1 aromatic rings. The van der Waals surface area contributed by atoms with Crippen LogP contribution in [0.25, 0.3) is 0 Å². The topological polar surface area (TPSA) is 49.9 Å². The number of aromatic nitrogens is 2. The molecule has 78 valence electrons. The predicted octanol–water partition coefficient (Wildman–Crippen LogP) is 1.09. The predicted molar refractivity (Wildman–Crippen MR) is 54.4 cm³/mol. The summed E-state index contributed by atoms with van der Waals surface area (Å²) >= 11 is 0. The van der Waals surface area contributed by atoms with Gasteiger partial charge in [-0.05, 0) is 19.9 Å². The number of aryl methyl sites for hydroxylation is 1. The Morgan fingerprint density at radius 2 is 2.43 bits per heavy atom. The van der Waals surface area contributed by atoms with Crippen LogP contribution in [-0.4, -0.2) is 29.4 Å². The van der Waals surface area contributed by atoms with Crippen LogP contribution in [-0.2, 0) is 0 Å². The molecule has 0 aliphatic carbocycles. The molecule has 0 aromatic carbocycles. The van der Waals surface area contributed by atoms with Crippen LogP contribution in [0.4, 0.5) is 0 Å². The van der Waals surface area contributed by atoms with E-state index < -0.39 is 0 Å². The van der Waals surface area contributed by atoms with Gasteiger partial charge in [-0.1, -0.05) is 6.92 Å². The number of ether oxygens (including phenoxy) is 1. The van der Waals surface area contributed by atoms with Crippen LogP contribution in [0.1, 0.15) is 19.0 Å². The highest BCUT2D eigenvalue weighted by atomic mass is 16.5. The molecule has 1 aromatic heterocycles. The van der Waals surface area contributed by atoms with Gasteiger partial charge in [-0.25, -0.2) is 0 Å². The molecule has 2 heterocycles. The Labute approximate surface area is 84.0 Å². The van der Waals surface area contributed by atoms with Gasteiger partial charge >= 0.3 is 0 Å². The summed E-state index contributed by atoms with van der Waals surface area (Å²) in [7, 11) is 0. The van der Waals surface area contributed by atoms with E-state index in [-0.39, 0.29) is 0 Å². The first-order valence-electron chi connectivity index (χ1n) is 5.15. The lowest BCUT2D eigenvalue weighted by Gasteiger charge is -2.28. The Kier molecular flexibility index (Phi) is 2.72. The number of piperidine rings is 1. The number of nitrogens with one attached hydrogen (secondary N) is 2. The largest absolute Gasteiger partial charge is 0.473 e. The molecule has 0 radical (unpaired) electrons. The van der Waals surface area contributed by atoms with Crippen LogP contribution in [0.3, 0.4) is 0 Å². The molecule has 14 heavy (non-hydrogen) atoms. The van der Waals surface area contributed by atoms with Crippen molar-refractivity contribution in [2.75, 3.05) is 13.1 Å². The molecular weight excluding hydrogens is 178 g/mol. The van der Waals surface area contributed by atoms with Gasteiger partial charge < -0.3 is 10.1 Å². The molecule has 2 atom stereocenters. The Hall–Kier alpha value is -1.03. The molecule has 2 unspecified atom stereocenters. The van der Waals surface area contributed by atoms with Gasteiger partial charge in [0, 0.05) is 24.2 Å². The smallest absolute Gasteiger partial charge is 0.233 e. The van der Waals surface area contributed by atoms with Gasteiger partial charge in [-0.2, -0.15) is 0 Å². The number of rotatable bonds is 2. The van der Waals surface area contributed by atoms with E-state index in [9.17, 15) is 0 Å². The molecule has 1 saturated heterocycles. The average molecular weight is 195 g/mol. The molecule has 0 amide bonds. The van der Waals surface area contributed by atoms with Crippen molar-refractivity contribution in [3.05, 3.63) is 11.8 Å². The molecule has 1 fully saturated rings. The van der Waals surface area contributed by atoms with Crippen LogP contribution in [0.2, 0.25) is 0 Å². The summed E-state index contributed by atoms with van der Waals surface area (Å²) in [5.41, 5.74) is 1.04. The highest BCUT2D eigenvalue weighted by molar-refractivity contribution is 5.12. The van der Waals surface area contributed by atoms with Crippen molar-refractivity contribution in [1.29, 1.82) is 0 Å². The SMILES string of the molecule is Cc1cc(OC2CCNCC2C)n[nH]1. The minimum Gasteiger partial charge on any atom is -0.473 e. The normalized spacial score (nSPS) is 27.6. The molecule has 4 heteroatoms. The minimum atomic E-state index is 0.305. The van der Waals surface area contributed by atoms with Crippen LogP contribution < -0.4 is 10.1 Å². The first-order valence-corrected chi connectivity index (χ1v) is 5.15. The molecule has 2 N–H and O–H groups in total. The van der Waals surface area contributed by atoms with E-state index in [4.69, 9.17) is 4.74 Å². The van der Waals surface area contributed by atoms with E-state index in [1.807, 2.05) is 13.0 Å². The zero-order chi connectivity index (χ0) is 9.97. The van der Waals surface area contributed by atoms with Crippen molar-refractivity contribution in [3.63, 3.8) is 0 Å². The number of hydrogen-bond donors (Lipinski definition) is 2. The first kappa shape index (κ1) is 9.52. The van der Waals surface area contributed by atoms with Gasteiger partial charge in [0.05, 0.1) is 0 Å². The number of hydrogen-bond acceptors (Lipinski definition) is 3. The zero-order valence-corrected chi connectivity index (χ0v) is 8.71. The summed E-state index contributed by atoms with van der Waals surface area (Å²) in [5.74, 6) is 1.28. The summed E-state index contributed by atoms with van der Waals surface area (Å²) in [6.07, 6.45) is 1.37. The number of aromatic amines is 1. The molecule has 2 rings (SSSR count). The number of H-pyrrole nitrogens is 1. The Balaban J connectivity index is 1.95. The van der Waals surface area contributed by atoms with Gasteiger partial charge in [0.2, 0.25) is 5.88 Å². The van der Waals surface area contributed by atoms with Crippen LogP contribution in [0.15, 0.2) is 6.07 Å². The third kappa shape index (κ3) is 2.07. The fourth-order valence-electron chi connectivity index (χ4n) is 1.77. The van der Waals surface area contributed by atoms with Crippen molar-refractivity contribution < 1.29 is 4.74 Å². The van der Waals surface area contributed by atoms with E-state index in [1.54, 1.807) is 0 Å².